The van der Waals surface area contributed by atoms with Gasteiger partial charge in [0.05, 0.1) is 18.4 Å². The van der Waals surface area contributed by atoms with E-state index in [0.29, 0.717) is 11.7 Å². The van der Waals surface area contributed by atoms with Gasteiger partial charge in [-0.05, 0) is 43.7 Å². The minimum atomic E-state index is -0.326. The predicted octanol–water partition coefficient (Wildman–Crippen LogP) is 4.50. The molecule has 1 amide bonds. The van der Waals surface area contributed by atoms with Gasteiger partial charge in [-0.15, -0.1) is 16.8 Å². The molecule has 3 rings (SSSR count). The molecule has 0 saturated carbocycles. The number of nitrogens with zero attached hydrogens (tertiary/aromatic N) is 3. The Bertz CT molecular complexity index is 986. The van der Waals surface area contributed by atoms with E-state index in [4.69, 9.17) is 4.74 Å². The first-order chi connectivity index (χ1) is 14.5. The quantitative estimate of drug-likeness (QED) is 0.406. The number of methoxy groups -OCH3 is 1. The third kappa shape index (κ3) is 5.10. The van der Waals surface area contributed by atoms with Gasteiger partial charge in [0.1, 0.15) is 5.75 Å². The van der Waals surface area contributed by atoms with Crippen molar-refractivity contribution in [2.75, 3.05) is 7.11 Å². The van der Waals surface area contributed by atoms with E-state index >= 15 is 0 Å². The van der Waals surface area contributed by atoms with E-state index in [-0.39, 0.29) is 17.2 Å². The van der Waals surface area contributed by atoms with Crippen molar-refractivity contribution in [2.24, 2.45) is 0 Å². The molecule has 3 aromatic rings. The van der Waals surface area contributed by atoms with Crippen molar-refractivity contribution >= 4 is 17.7 Å². The van der Waals surface area contributed by atoms with Crippen LogP contribution in [0, 0.1) is 0 Å². The van der Waals surface area contributed by atoms with Crippen LogP contribution in [0.5, 0.6) is 5.75 Å². The molecule has 0 aliphatic carbocycles. The normalized spacial score (nSPS) is 12.8. The fourth-order valence-electron chi connectivity index (χ4n) is 2.99. The zero-order valence-electron chi connectivity index (χ0n) is 17.4. The minimum absolute atomic E-state index is 0.0458. The topological polar surface area (TPSA) is 69.0 Å². The summed E-state index contributed by atoms with van der Waals surface area (Å²) in [5.74, 6) is 1.46. The molecular formula is C23H26N4O2S. The molecule has 2 atom stereocenters. The number of amides is 1. The summed E-state index contributed by atoms with van der Waals surface area (Å²) in [6.07, 6.45) is 1.79. The Morgan fingerprint density at radius 1 is 1.17 bits per heavy atom. The number of thioether (sulfide) groups is 1. The number of hydrogen-bond donors (Lipinski definition) is 1. The van der Waals surface area contributed by atoms with Gasteiger partial charge in [0.25, 0.3) is 0 Å². The molecular weight excluding hydrogens is 396 g/mol. The first-order valence-corrected chi connectivity index (χ1v) is 10.6. The summed E-state index contributed by atoms with van der Waals surface area (Å²) in [7, 11) is 1.63. The molecule has 1 heterocycles. The summed E-state index contributed by atoms with van der Waals surface area (Å²) in [5, 5.41) is 12.1. The van der Waals surface area contributed by atoms with Gasteiger partial charge >= 0.3 is 0 Å². The average Bonchev–Trinajstić information content (AvgIpc) is 3.16. The van der Waals surface area contributed by atoms with Crippen LogP contribution >= 0.6 is 11.8 Å². The second kappa shape index (κ2) is 10.1. The van der Waals surface area contributed by atoms with Crippen LogP contribution in [0.15, 0.2) is 72.4 Å². The second-order valence-electron chi connectivity index (χ2n) is 6.84. The number of carbonyl (C=O) groups is 1. The third-order valence-electron chi connectivity index (χ3n) is 4.69. The molecule has 0 saturated heterocycles. The second-order valence-corrected chi connectivity index (χ2v) is 8.14. The summed E-state index contributed by atoms with van der Waals surface area (Å²) in [4.78, 5) is 12.7. The fraction of sp³-hybridized carbons (Fsp3) is 0.261. The van der Waals surface area contributed by atoms with E-state index in [1.54, 1.807) is 13.2 Å². The molecule has 2 unspecified atom stereocenters. The molecule has 0 aliphatic rings. The Hall–Kier alpha value is -3.06. The van der Waals surface area contributed by atoms with Crippen molar-refractivity contribution in [3.63, 3.8) is 0 Å². The van der Waals surface area contributed by atoms with Crippen LogP contribution in [0.4, 0.5) is 0 Å². The third-order valence-corrected chi connectivity index (χ3v) is 5.77. The largest absolute Gasteiger partial charge is 0.497 e. The summed E-state index contributed by atoms with van der Waals surface area (Å²) >= 11 is 1.38. The first-order valence-electron chi connectivity index (χ1n) is 9.74. The molecule has 2 aromatic carbocycles. The highest BCUT2D eigenvalue weighted by Crippen LogP contribution is 2.28. The molecule has 0 bridgehead atoms. The summed E-state index contributed by atoms with van der Waals surface area (Å²) in [6, 6.07) is 17.5. The molecule has 6 nitrogen and oxygen atoms in total. The van der Waals surface area contributed by atoms with Crippen molar-refractivity contribution in [2.45, 2.75) is 36.8 Å². The van der Waals surface area contributed by atoms with Crippen molar-refractivity contribution in [1.82, 2.24) is 20.1 Å². The molecule has 30 heavy (non-hydrogen) atoms. The van der Waals surface area contributed by atoms with E-state index in [9.17, 15) is 4.79 Å². The maximum atomic E-state index is 12.7. The highest BCUT2D eigenvalue weighted by molar-refractivity contribution is 8.00. The van der Waals surface area contributed by atoms with Gasteiger partial charge in [0.15, 0.2) is 11.0 Å². The Labute approximate surface area is 181 Å². The highest BCUT2D eigenvalue weighted by Gasteiger charge is 2.22. The Morgan fingerprint density at radius 2 is 1.87 bits per heavy atom. The van der Waals surface area contributed by atoms with Gasteiger partial charge in [-0.1, -0.05) is 48.2 Å². The summed E-state index contributed by atoms with van der Waals surface area (Å²) < 4.78 is 7.19. The van der Waals surface area contributed by atoms with Gasteiger partial charge in [-0.3, -0.25) is 9.36 Å². The van der Waals surface area contributed by atoms with Gasteiger partial charge in [0, 0.05) is 12.1 Å². The molecule has 0 fully saturated rings. The molecule has 0 radical (unpaired) electrons. The lowest BCUT2D eigenvalue weighted by molar-refractivity contribution is -0.120. The summed E-state index contributed by atoms with van der Waals surface area (Å²) in [6.45, 7) is 8.24. The maximum Gasteiger partial charge on any atom is 0.233 e. The van der Waals surface area contributed by atoms with E-state index < -0.39 is 0 Å². The van der Waals surface area contributed by atoms with Gasteiger partial charge in [-0.2, -0.15) is 0 Å². The number of rotatable bonds is 9. The molecule has 156 valence electrons. The maximum absolute atomic E-state index is 12.7. The first kappa shape index (κ1) is 21.6. The number of benzene rings is 2. The number of nitrogens with one attached hydrogen (secondary N) is 1. The lowest BCUT2D eigenvalue weighted by Gasteiger charge is -2.17. The predicted molar refractivity (Wildman–Crippen MR) is 121 cm³/mol. The van der Waals surface area contributed by atoms with E-state index in [1.165, 1.54) is 11.8 Å². The smallest absolute Gasteiger partial charge is 0.233 e. The van der Waals surface area contributed by atoms with Gasteiger partial charge in [0.2, 0.25) is 5.91 Å². The monoisotopic (exact) mass is 422 g/mol. The van der Waals surface area contributed by atoms with Crippen molar-refractivity contribution in [3.8, 4) is 17.1 Å². The lowest BCUT2D eigenvalue weighted by Crippen LogP contribution is -2.33. The highest BCUT2D eigenvalue weighted by atomic mass is 32.2. The van der Waals surface area contributed by atoms with Crippen LogP contribution < -0.4 is 10.1 Å². The van der Waals surface area contributed by atoms with Gasteiger partial charge < -0.3 is 10.1 Å². The average molecular weight is 423 g/mol. The van der Waals surface area contributed by atoms with E-state index in [2.05, 4.69) is 22.1 Å². The van der Waals surface area contributed by atoms with Crippen molar-refractivity contribution in [1.29, 1.82) is 0 Å². The van der Waals surface area contributed by atoms with Gasteiger partial charge in [-0.25, -0.2) is 0 Å². The van der Waals surface area contributed by atoms with Crippen LogP contribution in [0.2, 0.25) is 0 Å². The molecule has 0 aliphatic heterocycles. The molecule has 1 aromatic heterocycles. The Morgan fingerprint density at radius 3 is 2.50 bits per heavy atom. The zero-order chi connectivity index (χ0) is 21.5. The molecule has 1 N–H and O–H groups in total. The minimum Gasteiger partial charge on any atom is -0.497 e. The number of aromatic nitrogens is 3. The number of ether oxygens (including phenoxy) is 1. The van der Waals surface area contributed by atoms with Crippen LogP contribution in [0.25, 0.3) is 11.4 Å². The van der Waals surface area contributed by atoms with E-state index in [0.717, 1.165) is 22.7 Å². The Balaban J connectivity index is 1.74. The number of allylic oxidation sites excluding steroid dienone is 1. The number of carbonyl (C=O) groups excluding carboxylic acids is 1. The van der Waals surface area contributed by atoms with Crippen LogP contribution in [-0.4, -0.2) is 33.0 Å². The van der Waals surface area contributed by atoms with Crippen molar-refractivity contribution in [3.05, 3.63) is 72.8 Å². The van der Waals surface area contributed by atoms with Crippen LogP contribution in [-0.2, 0) is 11.3 Å². The summed E-state index contributed by atoms with van der Waals surface area (Å²) in [5.41, 5.74) is 1.99. The molecule has 7 heteroatoms. The lowest BCUT2D eigenvalue weighted by atomic mass is 10.1. The van der Waals surface area contributed by atoms with Crippen LogP contribution in [0.3, 0.4) is 0 Å². The Kier molecular flexibility index (Phi) is 7.30. The van der Waals surface area contributed by atoms with E-state index in [1.807, 2.05) is 73.0 Å². The number of hydrogen-bond acceptors (Lipinski definition) is 5. The zero-order valence-corrected chi connectivity index (χ0v) is 18.2. The fourth-order valence-corrected chi connectivity index (χ4v) is 3.86. The van der Waals surface area contributed by atoms with Crippen LogP contribution in [0.1, 0.15) is 25.5 Å². The SMILES string of the molecule is C=CCn1c(SC(C)C(=O)NC(C)c2ccccc2)nnc1-c1ccc(OC)cc1. The van der Waals surface area contributed by atoms with Crippen molar-refractivity contribution < 1.29 is 9.53 Å². The molecule has 0 spiro atoms. The standard InChI is InChI=1S/C23H26N4O2S/c1-5-15-27-21(19-11-13-20(29-4)14-12-19)25-26-23(27)30-17(3)22(28)24-16(2)18-9-7-6-8-10-18/h5-14,16-17H,1,15H2,2-4H3,(H,24,28).